The van der Waals surface area contributed by atoms with Crippen LogP contribution < -0.4 is 0 Å². The summed E-state index contributed by atoms with van der Waals surface area (Å²) < 4.78 is 0. The topological polar surface area (TPSA) is 14.1 Å². The first-order valence-corrected chi connectivity index (χ1v) is 1.46. The van der Waals surface area contributed by atoms with E-state index in [-0.39, 0.29) is 23.9 Å². The molecule has 7 heavy (non-hydrogen) atoms. The first-order chi connectivity index (χ1) is 2.27. The van der Waals surface area contributed by atoms with Crippen LogP contribution in [0.15, 0.2) is 5.70 Å². The molecule has 0 aromatic carbocycles. The molecule has 0 aromatic rings. The Morgan fingerprint density at radius 2 is 1.71 bits per heavy atom. The molecule has 0 aliphatic rings. The van der Waals surface area contributed by atoms with Gasteiger partial charge in [-0.05, 0) is 0 Å². The second-order valence-electron chi connectivity index (χ2n) is 0.865. The smallest absolute Gasteiger partial charge is 0.721 e. The molecule has 0 atom stereocenters. The molecule has 0 spiro atoms. The van der Waals surface area contributed by atoms with Crippen LogP contribution in [-0.4, -0.2) is 7.05 Å². The van der Waals surface area contributed by atoms with E-state index in [1.807, 2.05) is 0 Å². The first kappa shape index (κ1) is 15.7. The molecule has 0 amide bonds. The summed E-state index contributed by atoms with van der Waals surface area (Å²) in [5.74, 6) is 0. The number of allylic oxidation sites excluding steroid dienone is 1. The predicted octanol–water partition coefficient (Wildman–Crippen LogP) is 1.77. The van der Waals surface area contributed by atoms with E-state index in [4.69, 9.17) is 6.58 Å². The fourth-order valence-corrected chi connectivity index (χ4v) is 0. The van der Waals surface area contributed by atoms with Crippen molar-refractivity contribution in [2.24, 2.45) is 0 Å². The second kappa shape index (κ2) is 9.40. The van der Waals surface area contributed by atoms with E-state index in [1.165, 1.54) is 0 Å². The van der Waals surface area contributed by atoms with Crippen molar-refractivity contribution in [3.8, 4) is 0 Å². The fourth-order valence-electron chi connectivity index (χ4n) is 0. The van der Waals surface area contributed by atoms with Gasteiger partial charge in [-0.15, -0.1) is 7.05 Å². The fraction of sp³-hybridized carbons (Fsp3) is 0.400. The Hall–Kier alpha value is 0.0335. The van der Waals surface area contributed by atoms with Gasteiger partial charge in [0.05, 0.1) is 0 Å². The normalized spacial score (nSPS) is 4.86. The van der Waals surface area contributed by atoms with Crippen molar-refractivity contribution < 1.29 is 16.5 Å². The molecule has 46 valence electrons. The number of nitrogens with zero attached hydrogens (tertiary/aromatic N) is 1. The zero-order valence-corrected chi connectivity index (χ0v) is 5.83. The molecule has 0 aliphatic heterocycles. The molecule has 0 aromatic heterocycles. The Balaban J connectivity index is -0.0000000800. The van der Waals surface area contributed by atoms with Crippen LogP contribution in [-0.2, 0) is 16.5 Å². The van der Waals surface area contributed by atoms with Gasteiger partial charge in [0, 0.05) is 0 Å². The maximum Gasteiger partial charge on any atom is 2.00 e. The third-order valence-corrected chi connectivity index (χ3v) is 0.353. The zero-order valence-electron chi connectivity index (χ0n) is 4.84. The van der Waals surface area contributed by atoms with Gasteiger partial charge >= 0.3 is 16.5 Å². The zero-order chi connectivity index (χ0) is 4.28. The average Bonchev–Trinajstić information content (AvgIpc) is 1.38. The molecular weight excluding hydrogens is 133 g/mol. The Labute approximate surface area is 56.1 Å². The van der Waals surface area contributed by atoms with Gasteiger partial charge in [0.15, 0.2) is 0 Å². The summed E-state index contributed by atoms with van der Waals surface area (Å²) in [5, 5.41) is 3.58. The van der Waals surface area contributed by atoms with Gasteiger partial charge < -0.3 is 25.0 Å². The largest absolute Gasteiger partial charge is 2.00 e. The number of hydrogen-bond acceptors (Lipinski definition) is 0. The van der Waals surface area contributed by atoms with E-state index in [1.54, 1.807) is 14.0 Å². The molecule has 0 aliphatic carbocycles. The summed E-state index contributed by atoms with van der Waals surface area (Å²) in [6, 6.07) is 0. The van der Waals surface area contributed by atoms with Crippen molar-refractivity contribution in [1.29, 1.82) is 0 Å². The predicted molar refractivity (Wildman–Crippen MR) is 29.2 cm³/mol. The standard InChI is InChI=1S/C4H7N.CH3.Ni/c1-4(2)5-3;;/h1H,2-3H3;1H3;/q-2;-1;+2. The molecular formula is C5H10NNi-. The minimum absolute atomic E-state index is 0. The molecule has 0 heterocycles. The summed E-state index contributed by atoms with van der Waals surface area (Å²) in [5.41, 5.74) is 0.630. The van der Waals surface area contributed by atoms with Crippen molar-refractivity contribution >= 4 is 0 Å². The van der Waals surface area contributed by atoms with Crippen LogP contribution >= 0.6 is 0 Å². The molecule has 0 saturated heterocycles. The Kier molecular flexibility index (Phi) is 21.1. The molecule has 0 rings (SSSR count). The quantitative estimate of drug-likeness (QED) is 0.392. The molecule has 2 heteroatoms. The second-order valence-corrected chi connectivity index (χ2v) is 0.865. The number of rotatable bonds is 1. The molecule has 0 saturated carbocycles. The van der Waals surface area contributed by atoms with Crippen LogP contribution in [0.4, 0.5) is 0 Å². The first-order valence-electron chi connectivity index (χ1n) is 1.46. The van der Waals surface area contributed by atoms with E-state index in [0.717, 1.165) is 0 Å². The van der Waals surface area contributed by atoms with E-state index in [2.05, 4.69) is 5.32 Å². The van der Waals surface area contributed by atoms with Crippen molar-refractivity contribution in [3.63, 3.8) is 0 Å². The number of hydrogen-bond donors (Lipinski definition) is 0. The minimum Gasteiger partial charge on any atom is -0.721 e. The van der Waals surface area contributed by atoms with Gasteiger partial charge in [-0.25, -0.2) is 0 Å². The summed E-state index contributed by atoms with van der Waals surface area (Å²) in [6.07, 6.45) is 0. The molecule has 0 radical (unpaired) electrons. The van der Waals surface area contributed by atoms with Gasteiger partial charge in [-0.1, -0.05) is 6.92 Å². The summed E-state index contributed by atoms with van der Waals surface area (Å²) in [7, 11) is 1.66. The summed E-state index contributed by atoms with van der Waals surface area (Å²) in [4.78, 5) is 0. The molecule has 0 unspecified atom stereocenters. The molecule has 0 bridgehead atoms. The minimum atomic E-state index is 0. The van der Waals surface area contributed by atoms with E-state index in [9.17, 15) is 0 Å². The van der Waals surface area contributed by atoms with Crippen molar-refractivity contribution in [2.75, 3.05) is 7.05 Å². The molecule has 0 N–H and O–H groups in total. The van der Waals surface area contributed by atoms with Gasteiger partial charge in [-0.3, -0.25) is 0 Å². The third kappa shape index (κ3) is 23.7. The van der Waals surface area contributed by atoms with Crippen molar-refractivity contribution in [1.82, 2.24) is 0 Å². The van der Waals surface area contributed by atoms with Crippen LogP contribution in [0, 0.1) is 14.0 Å². The van der Waals surface area contributed by atoms with E-state index < -0.39 is 0 Å². The Morgan fingerprint density at radius 3 is 1.71 bits per heavy atom. The summed E-state index contributed by atoms with van der Waals surface area (Å²) >= 11 is 0. The van der Waals surface area contributed by atoms with Crippen LogP contribution in [0.5, 0.6) is 0 Å². The molecule has 1 nitrogen and oxygen atoms in total. The van der Waals surface area contributed by atoms with Gasteiger partial charge in [0.1, 0.15) is 0 Å². The van der Waals surface area contributed by atoms with Gasteiger partial charge in [0.25, 0.3) is 0 Å². The van der Waals surface area contributed by atoms with Gasteiger partial charge in [-0.2, -0.15) is 0 Å². The third-order valence-electron chi connectivity index (χ3n) is 0.353. The van der Waals surface area contributed by atoms with Crippen LogP contribution in [0.25, 0.3) is 5.32 Å². The Bertz CT molecular complexity index is 43.3. The van der Waals surface area contributed by atoms with Crippen molar-refractivity contribution in [2.45, 2.75) is 6.92 Å². The monoisotopic (exact) mass is 142 g/mol. The van der Waals surface area contributed by atoms with E-state index in [0.29, 0.717) is 5.70 Å². The summed E-state index contributed by atoms with van der Waals surface area (Å²) in [6.45, 7) is 6.79. The van der Waals surface area contributed by atoms with Crippen LogP contribution in [0.3, 0.4) is 0 Å². The van der Waals surface area contributed by atoms with Crippen molar-refractivity contribution in [3.05, 3.63) is 25.0 Å². The maximum atomic E-state index is 5.04. The SMILES string of the molecule is [CH-]=C(C)[N-]C.[CH3-].[Ni+2]. The maximum absolute atomic E-state index is 5.04. The van der Waals surface area contributed by atoms with Crippen LogP contribution in [0.2, 0.25) is 0 Å². The van der Waals surface area contributed by atoms with Crippen LogP contribution in [0.1, 0.15) is 6.92 Å². The van der Waals surface area contributed by atoms with E-state index >= 15 is 0 Å². The average molecular weight is 143 g/mol. The molecule has 0 fully saturated rings. The van der Waals surface area contributed by atoms with Gasteiger partial charge in [0.2, 0.25) is 0 Å². The Morgan fingerprint density at radius 1 is 1.57 bits per heavy atom.